The number of nitrogens with one attached hydrogen (secondary N) is 2. The molecule has 0 radical (unpaired) electrons. The predicted molar refractivity (Wildman–Crippen MR) is 94.9 cm³/mol. The monoisotopic (exact) mass is 305 g/mol. The number of aromatic nitrogens is 1. The van der Waals surface area contributed by atoms with E-state index >= 15 is 0 Å². The molecule has 0 spiro atoms. The van der Waals surface area contributed by atoms with Gasteiger partial charge < -0.3 is 16.0 Å². The molecule has 4 N–H and O–H groups in total. The Kier molecular flexibility index (Phi) is 4.43. The number of anilines is 1. The quantitative estimate of drug-likeness (QED) is 0.500. The molecule has 1 heterocycles. The van der Waals surface area contributed by atoms with Crippen molar-refractivity contribution in [2.24, 2.45) is 0 Å². The average molecular weight is 305 g/mol. The smallest absolute Gasteiger partial charge is 0.244 e. The maximum Gasteiger partial charge on any atom is 0.244 e. The van der Waals surface area contributed by atoms with Gasteiger partial charge in [0.1, 0.15) is 0 Å². The summed E-state index contributed by atoms with van der Waals surface area (Å²) in [5.41, 5.74) is 9.63. The Morgan fingerprint density at radius 2 is 1.91 bits per heavy atom. The van der Waals surface area contributed by atoms with Gasteiger partial charge >= 0.3 is 0 Å². The summed E-state index contributed by atoms with van der Waals surface area (Å²) in [6.07, 6.45) is 6.12. The fourth-order valence-corrected chi connectivity index (χ4v) is 2.50. The van der Waals surface area contributed by atoms with Crippen molar-refractivity contribution >= 4 is 28.6 Å². The van der Waals surface area contributed by atoms with Crippen LogP contribution in [0.4, 0.5) is 5.69 Å². The van der Waals surface area contributed by atoms with Gasteiger partial charge in [-0.25, -0.2) is 0 Å². The number of hydrogen-bond acceptors (Lipinski definition) is 2. The number of rotatable bonds is 5. The second-order valence-electron chi connectivity index (χ2n) is 5.40. The number of nitrogens with two attached hydrogens (primary N) is 1. The highest BCUT2D eigenvalue weighted by Crippen LogP contribution is 2.17. The van der Waals surface area contributed by atoms with E-state index in [1.54, 1.807) is 12.2 Å². The number of carbonyl (C=O) groups excluding carboxylic acids is 1. The molecule has 0 bridgehead atoms. The van der Waals surface area contributed by atoms with Crippen LogP contribution in [0.1, 0.15) is 11.1 Å². The van der Waals surface area contributed by atoms with Crippen LogP contribution in [0.5, 0.6) is 0 Å². The molecule has 0 aliphatic rings. The number of para-hydroxylation sites is 1. The molecule has 1 amide bonds. The summed E-state index contributed by atoms with van der Waals surface area (Å²) < 4.78 is 0. The Hall–Kier alpha value is -3.01. The summed E-state index contributed by atoms with van der Waals surface area (Å²) in [5.74, 6) is -0.0957. The van der Waals surface area contributed by atoms with Gasteiger partial charge in [-0.15, -0.1) is 0 Å². The van der Waals surface area contributed by atoms with Crippen LogP contribution in [0.3, 0.4) is 0 Å². The van der Waals surface area contributed by atoms with E-state index in [2.05, 4.69) is 16.4 Å². The Morgan fingerprint density at radius 3 is 2.74 bits per heavy atom. The topological polar surface area (TPSA) is 70.9 Å². The molecule has 0 saturated heterocycles. The number of nitrogen functional groups attached to an aromatic ring is 1. The third-order valence-electron chi connectivity index (χ3n) is 3.73. The van der Waals surface area contributed by atoms with Gasteiger partial charge in [-0.3, -0.25) is 4.79 Å². The lowest BCUT2D eigenvalue weighted by molar-refractivity contribution is -0.116. The van der Waals surface area contributed by atoms with Crippen LogP contribution in [0.15, 0.2) is 60.8 Å². The molecule has 0 atom stereocenters. The van der Waals surface area contributed by atoms with Crippen LogP contribution in [-0.2, 0) is 11.2 Å². The fraction of sp³-hybridized carbons (Fsp3) is 0.105. The predicted octanol–water partition coefficient (Wildman–Crippen LogP) is 3.12. The second-order valence-corrected chi connectivity index (χ2v) is 5.40. The summed E-state index contributed by atoms with van der Waals surface area (Å²) in [6, 6.07) is 15.6. The first-order valence-electron chi connectivity index (χ1n) is 7.59. The van der Waals surface area contributed by atoms with E-state index in [9.17, 15) is 4.79 Å². The summed E-state index contributed by atoms with van der Waals surface area (Å²) in [5, 5.41) is 4.11. The summed E-state index contributed by atoms with van der Waals surface area (Å²) >= 11 is 0. The van der Waals surface area contributed by atoms with E-state index in [-0.39, 0.29) is 5.91 Å². The first kappa shape index (κ1) is 14.9. The number of benzene rings is 2. The van der Waals surface area contributed by atoms with Crippen molar-refractivity contribution in [3.05, 3.63) is 71.9 Å². The van der Waals surface area contributed by atoms with Crippen LogP contribution in [0.25, 0.3) is 17.0 Å². The van der Waals surface area contributed by atoms with Crippen LogP contribution in [0, 0.1) is 0 Å². The zero-order valence-corrected chi connectivity index (χ0v) is 12.8. The Balaban J connectivity index is 1.52. The molecule has 1 aromatic heterocycles. The molecule has 0 aliphatic heterocycles. The molecule has 0 aliphatic carbocycles. The zero-order valence-electron chi connectivity index (χ0n) is 12.8. The molecule has 3 rings (SSSR count). The number of amides is 1. The number of fused-ring (bicyclic) bond motifs is 1. The SMILES string of the molecule is Nc1ccc(/C=C/C(=O)NCCc2c[nH]c3ccccc23)cc1. The van der Waals surface area contributed by atoms with Crippen molar-refractivity contribution in [2.75, 3.05) is 12.3 Å². The maximum atomic E-state index is 11.8. The molecule has 0 fully saturated rings. The van der Waals surface area contributed by atoms with E-state index in [0.717, 1.165) is 17.5 Å². The van der Waals surface area contributed by atoms with Gasteiger partial charge in [0.2, 0.25) is 5.91 Å². The van der Waals surface area contributed by atoms with Gasteiger partial charge in [0, 0.05) is 35.4 Å². The minimum absolute atomic E-state index is 0.0957. The molecule has 4 nitrogen and oxygen atoms in total. The third-order valence-corrected chi connectivity index (χ3v) is 3.73. The molecule has 0 unspecified atom stereocenters. The number of carbonyl (C=O) groups is 1. The summed E-state index contributed by atoms with van der Waals surface area (Å²) in [6.45, 7) is 0.604. The lowest BCUT2D eigenvalue weighted by Gasteiger charge is -2.02. The van der Waals surface area contributed by atoms with Crippen LogP contribution >= 0.6 is 0 Å². The normalized spacial score (nSPS) is 11.1. The third kappa shape index (κ3) is 3.80. The highest BCUT2D eigenvalue weighted by atomic mass is 16.1. The van der Waals surface area contributed by atoms with E-state index in [1.807, 2.05) is 48.7 Å². The van der Waals surface area contributed by atoms with E-state index in [4.69, 9.17) is 5.73 Å². The maximum absolute atomic E-state index is 11.8. The zero-order chi connectivity index (χ0) is 16.1. The first-order valence-corrected chi connectivity index (χ1v) is 7.59. The lowest BCUT2D eigenvalue weighted by Crippen LogP contribution is -2.23. The minimum Gasteiger partial charge on any atom is -0.399 e. The molecule has 0 saturated carbocycles. The van der Waals surface area contributed by atoms with Crippen LogP contribution in [0.2, 0.25) is 0 Å². The van der Waals surface area contributed by atoms with Crippen molar-refractivity contribution < 1.29 is 4.79 Å². The molecule has 3 aromatic rings. The Morgan fingerprint density at radius 1 is 1.13 bits per heavy atom. The molecule has 23 heavy (non-hydrogen) atoms. The van der Waals surface area contributed by atoms with Crippen molar-refractivity contribution in [1.82, 2.24) is 10.3 Å². The van der Waals surface area contributed by atoms with Crippen molar-refractivity contribution in [3.8, 4) is 0 Å². The Labute approximate surface area is 135 Å². The van der Waals surface area contributed by atoms with Crippen molar-refractivity contribution in [1.29, 1.82) is 0 Å². The fourth-order valence-electron chi connectivity index (χ4n) is 2.50. The van der Waals surface area contributed by atoms with Gasteiger partial charge in [-0.2, -0.15) is 0 Å². The van der Waals surface area contributed by atoms with Gasteiger partial charge in [-0.05, 0) is 41.8 Å². The van der Waals surface area contributed by atoms with Crippen LogP contribution < -0.4 is 11.1 Å². The van der Waals surface area contributed by atoms with E-state index in [0.29, 0.717) is 12.2 Å². The van der Waals surface area contributed by atoms with Gasteiger partial charge in [0.15, 0.2) is 0 Å². The van der Waals surface area contributed by atoms with Gasteiger partial charge in [-0.1, -0.05) is 30.3 Å². The molecule has 116 valence electrons. The molecular weight excluding hydrogens is 286 g/mol. The highest BCUT2D eigenvalue weighted by molar-refractivity contribution is 5.91. The largest absolute Gasteiger partial charge is 0.399 e. The summed E-state index contributed by atoms with van der Waals surface area (Å²) in [7, 11) is 0. The number of H-pyrrole nitrogens is 1. The standard InChI is InChI=1S/C19H19N3O/c20-16-8-5-14(6-9-16)7-10-19(23)21-12-11-15-13-22-18-4-2-1-3-17(15)18/h1-10,13,22H,11-12,20H2,(H,21,23)/b10-7+. The second kappa shape index (κ2) is 6.83. The average Bonchev–Trinajstić information content (AvgIpc) is 2.98. The number of aromatic amines is 1. The van der Waals surface area contributed by atoms with E-state index in [1.165, 1.54) is 10.9 Å². The van der Waals surface area contributed by atoms with Gasteiger partial charge in [0.05, 0.1) is 0 Å². The van der Waals surface area contributed by atoms with Crippen molar-refractivity contribution in [3.63, 3.8) is 0 Å². The molecular formula is C19H19N3O. The lowest BCUT2D eigenvalue weighted by atomic mass is 10.1. The van der Waals surface area contributed by atoms with Crippen LogP contribution in [-0.4, -0.2) is 17.4 Å². The first-order chi connectivity index (χ1) is 11.2. The number of hydrogen-bond donors (Lipinski definition) is 3. The highest BCUT2D eigenvalue weighted by Gasteiger charge is 2.03. The summed E-state index contributed by atoms with van der Waals surface area (Å²) in [4.78, 5) is 15.1. The minimum atomic E-state index is -0.0957. The molecule has 2 aromatic carbocycles. The van der Waals surface area contributed by atoms with E-state index < -0.39 is 0 Å². The Bertz CT molecular complexity index is 831. The molecule has 4 heteroatoms. The van der Waals surface area contributed by atoms with Crippen molar-refractivity contribution in [2.45, 2.75) is 6.42 Å². The van der Waals surface area contributed by atoms with Gasteiger partial charge in [0.25, 0.3) is 0 Å².